The summed E-state index contributed by atoms with van der Waals surface area (Å²) in [5.74, 6) is 0.645. The van der Waals surface area contributed by atoms with Crippen LogP contribution in [0.1, 0.15) is 27.0 Å². The molecule has 0 aliphatic carbocycles. The van der Waals surface area contributed by atoms with Crippen molar-refractivity contribution in [2.24, 2.45) is 0 Å². The molecule has 0 bridgehead atoms. The summed E-state index contributed by atoms with van der Waals surface area (Å²) in [6.45, 7) is 2.06. The number of hydrogen-bond donors (Lipinski definition) is 1. The van der Waals surface area contributed by atoms with Crippen molar-refractivity contribution in [3.8, 4) is 11.5 Å². The number of halogens is 4. The summed E-state index contributed by atoms with van der Waals surface area (Å²) in [4.78, 5) is 12.6. The zero-order valence-corrected chi connectivity index (χ0v) is 17.5. The highest BCUT2D eigenvalue weighted by Gasteiger charge is 2.33. The highest BCUT2D eigenvalue weighted by Crippen LogP contribution is 2.36. The topological polar surface area (TPSA) is 47.6 Å². The molecule has 0 unspecified atom stereocenters. The lowest BCUT2D eigenvalue weighted by atomic mass is 10.1. The molecule has 0 aromatic heterocycles. The molecular formula is C23H19ClF3NO3. The number of benzene rings is 3. The van der Waals surface area contributed by atoms with Crippen molar-refractivity contribution in [1.29, 1.82) is 0 Å². The van der Waals surface area contributed by atoms with Crippen LogP contribution in [0, 0.1) is 6.92 Å². The normalized spacial score (nSPS) is 11.2. The summed E-state index contributed by atoms with van der Waals surface area (Å²) in [6, 6.07) is 15.4. The number of methoxy groups -OCH3 is 1. The molecule has 0 saturated carbocycles. The Bertz CT molecular complexity index is 1100. The van der Waals surface area contributed by atoms with Crippen molar-refractivity contribution in [3.05, 3.63) is 87.9 Å². The van der Waals surface area contributed by atoms with Crippen LogP contribution < -0.4 is 14.8 Å². The number of hydrogen-bond acceptors (Lipinski definition) is 3. The van der Waals surface area contributed by atoms with Gasteiger partial charge in [-0.05, 0) is 55.0 Å². The first kappa shape index (κ1) is 22.5. The largest absolute Gasteiger partial charge is 0.496 e. The van der Waals surface area contributed by atoms with Crippen LogP contribution in [0.5, 0.6) is 11.5 Å². The number of para-hydroxylation sites is 1. The van der Waals surface area contributed by atoms with Gasteiger partial charge in [-0.25, -0.2) is 0 Å². The summed E-state index contributed by atoms with van der Waals surface area (Å²) < 4.78 is 50.3. The van der Waals surface area contributed by atoms with Crippen molar-refractivity contribution in [3.63, 3.8) is 0 Å². The molecule has 162 valence electrons. The summed E-state index contributed by atoms with van der Waals surface area (Å²) >= 11 is 5.62. The van der Waals surface area contributed by atoms with Crippen LogP contribution in [-0.4, -0.2) is 13.0 Å². The second-order valence-electron chi connectivity index (χ2n) is 6.73. The zero-order chi connectivity index (χ0) is 22.6. The molecule has 3 aromatic carbocycles. The Balaban J connectivity index is 1.80. The van der Waals surface area contributed by atoms with Gasteiger partial charge < -0.3 is 14.8 Å². The van der Waals surface area contributed by atoms with E-state index in [1.165, 1.54) is 19.2 Å². The number of aryl methyl sites for hydroxylation is 1. The van der Waals surface area contributed by atoms with Gasteiger partial charge in [0.25, 0.3) is 5.91 Å². The minimum absolute atomic E-state index is 0.0183. The maximum Gasteiger partial charge on any atom is 0.417 e. The zero-order valence-electron chi connectivity index (χ0n) is 16.7. The third kappa shape index (κ3) is 5.49. The van der Waals surface area contributed by atoms with E-state index in [9.17, 15) is 18.0 Å². The first-order chi connectivity index (χ1) is 14.7. The van der Waals surface area contributed by atoms with Gasteiger partial charge in [0.05, 0.1) is 17.7 Å². The van der Waals surface area contributed by atoms with Gasteiger partial charge >= 0.3 is 6.18 Å². The Hall–Kier alpha value is -3.19. The quantitative estimate of drug-likeness (QED) is 0.467. The lowest BCUT2D eigenvalue weighted by Gasteiger charge is -2.14. The number of ether oxygens (including phenoxy) is 2. The van der Waals surface area contributed by atoms with Crippen molar-refractivity contribution in [1.82, 2.24) is 0 Å². The molecule has 1 amide bonds. The molecular weight excluding hydrogens is 431 g/mol. The fourth-order valence-corrected chi connectivity index (χ4v) is 3.15. The second kappa shape index (κ2) is 9.31. The Kier molecular flexibility index (Phi) is 6.75. The maximum atomic E-state index is 13.1. The Morgan fingerprint density at radius 2 is 1.77 bits per heavy atom. The van der Waals surface area contributed by atoms with E-state index in [4.69, 9.17) is 21.1 Å². The number of rotatable bonds is 6. The predicted octanol–water partition coefficient (Wildman–Crippen LogP) is 6.51. The van der Waals surface area contributed by atoms with E-state index in [0.29, 0.717) is 17.1 Å². The standard InChI is InChI=1S/C23H19ClF3NO3/c1-14-5-3-4-6-20(14)31-13-16-11-15(7-10-21(16)30-2)22(29)28-17-8-9-19(24)18(12-17)23(25,26)27/h3-12H,13H2,1-2H3,(H,28,29). The van der Waals surface area contributed by atoms with Crippen LogP contribution in [0.25, 0.3) is 0 Å². The minimum atomic E-state index is -4.63. The van der Waals surface area contributed by atoms with Gasteiger partial charge in [-0.2, -0.15) is 13.2 Å². The number of amides is 1. The lowest BCUT2D eigenvalue weighted by molar-refractivity contribution is -0.137. The molecule has 1 N–H and O–H groups in total. The number of carbonyl (C=O) groups is 1. The lowest BCUT2D eigenvalue weighted by Crippen LogP contribution is -2.14. The summed E-state index contributed by atoms with van der Waals surface area (Å²) in [5, 5.41) is 2.03. The molecule has 31 heavy (non-hydrogen) atoms. The second-order valence-corrected chi connectivity index (χ2v) is 7.13. The third-order valence-electron chi connectivity index (χ3n) is 4.55. The van der Waals surface area contributed by atoms with Gasteiger partial charge in [-0.1, -0.05) is 29.8 Å². The summed E-state index contributed by atoms with van der Waals surface area (Å²) in [6.07, 6.45) is -4.63. The monoisotopic (exact) mass is 449 g/mol. The third-order valence-corrected chi connectivity index (χ3v) is 4.88. The van der Waals surface area contributed by atoms with Crippen molar-refractivity contribution in [2.45, 2.75) is 19.7 Å². The average molecular weight is 450 g/mol. The van der Waals surface area contributed by atoms with Gasteiger partial charge in [-0.3, -0.25) is 4.79 Å². The van der Waals surface area contributed by atoms with Crippen LogP contribution >= 0.6 is 11.6 Å². The number of nitrogens with one attached hydrogen (secondary N) is 1. The molecule has 4 nitrogen and oxygen atoms in total. The molecule has 0 atom stereocenters. The Morgan fingerprint density at radius 1 is 1.03 bits per heavy atom. The van der Waals surface area contributed by atoms with Crippen molar-refractivity contribution < 1.29 is 27.4 Å². The average Bonchev–Trinajstić information content (AvgIpc) is 2.73. The Morgan fingerprint density at radius 3 is 2.45 bits per heavy atom. The van der Waals surface area contributed by atoms with E-state index in [1.807, 2.05) is 31.2 Å². The van der Waals surface area contributed by atoms with Gasteiger partial charge in [-0.15, -0.1) is 0 Å². The summed E-state index contributed by atoms with van der Waals surface area (Å²) in [5.41, 5.74) is 0.779. The van der Waals surface area contributed by atoms with Crippen LogP contribution in [-0.2, 0) is 12.8 Å². The van der Waals surface area contributed by atoms with E-state index in [2.05, 4.69) is 5.32 Å². The van der Waals surface area contributed by atoms with E-state index in [0.717, 1.165) is 17.7 Å². The fourth-order valence-electron chi connectivity index (χ4n) is 2.93. The minimum Gasteiger partial charge on any atom is -0.496 e. The molecule has 3 rings (SSSR count). The molecule has 3 aromatic rings. The van der Waals surface area contributed by atoms with E-state index >= 15 is 0 Å². The van der Waals surface area contributed by atoms with Gasteiger partial charge in [0.15, 0.2) is 0 Å². The number of alkyl halides is 3. The summed E-state index contributed by atoms with van der Waals surface area (Å²) in [7, 11) is 1.50. The highest BCUT2D eigenvalue weighted by atomic mass is 35.5. The van der Waals surface area contributed by atoms with Crippen LogP contribution in [0.2, 0.25) is 5.02 Å². The van der Waals surface area contributed by atoms with Crippen LogP contribution in [0.3, 0.4) is 0 Å². The van der Waals surface area contributed by atoms with Gasteiger partial charge in [0.1, 0.15) is 18.1 Å². The van der Waals surface area contributed by atoms with Crippen molar-refractivity contribution >= 4 is 23.2 Å². The van der Waals surface area contributed by atoms with E-state index < -0.39 is 22.7 Å². The van der Waals surface area contributed by atoms with E-state index in [-0.39, 0.29) is 17.9 Å². The SMILES string of the molecule is COc1ccc(C(=O)Nc2ccc(Cl)c(C(F)(F)F)c2)cc1COc1ccccc1C. The van der Waals surface area contributed by atoms with E-state index in [1.54, 1.807) is 12.1 Å². The molecule has 0 aliphatic heterocycles. The maximum absolute atomic E-state index is 13.1. The molecule has 0 fully saturated rings. The molecule has 8 heteroatoms. The molecule has 0 radical (unpaired) electrons. The number of carbonyl (C=O) groups excluding carboxylic acids is 1. The highest BCUT2D eigenvalue weighted by molar-refractivity contribution is 6.31. The molecule has 0 heterocycles. The fraction of sp³-hybridized carbons (Fsp3) is 0.174. The molecule has 0 aliphatic rings. The predicted molar refractivity (Wildman–Crippen MR) is 113 cm³/mol. The molecule has 0 spiro atoms. The Labute approximate surface area is 182 Å². The van der Waals surface area contributed by atoms with Crippen LogP contribution in [0.15, 0.2) is 60.7 Å². The first-order valence-electron chi connectivity index (χ1n) is 9.22. The first-order valence-corrected chi connectivity index (χ1v) is 9.60. The van der Waals surface area contributed by atoms with Crippen LogP contribution in [0.4, 0.5) is 18.9 Å². The van der Waals surface area contributed by atoms with Crippen molar-refractivity contribution in [2.75, 3.05) is 12.4 Å². The van der Waals surface area contributed by atoms with Gasteiger partial charge in [0, 0.05) is 16.8 Å². The van der Waals surface area contributed by atoms with Gasteiger partial charge in [0.2, 0.25) is 0 Å². The molecule has 0 saturated heterocycles. The number of anilines is 1. The smallest absolute Gasteiger partial charge is 0.417 e.